The molecule has 1 aromatic carbocycles. The number of hydrogen-bond donors (Lipinski definition) is 0. The number of carbonyl (C=O) groups excluding carboxylic acids is 1. The maximum Gasteiger partial charge on any atom is 0.410 e. The fraction of sp³-hybridized carbons (Fsp3) is 0.400. The van der Waals surface area contributed by atoms with Gasteiger partial charge in [0.05, 0.1) is 0 Å². The Hall–Kier alpha value is -1.47. The predicted octanol–water partition coefficient (Wildman–Crippen LogP) is 3.82. The van der Waals surface area contributed by atoms with Crippen LogP contribution in [0.3, 0.4) is 0 Å². The van der Waals surface area contributed by atoms with Crippen molar-refractivity contribution in [2.75, 3.05) is 13.1 Å². The van der Waals surface area contributed by atoms with Gasteiger partial charge in [-0.2, -0.15) is 0 Å². The Kier molecular flexibility index (Phi) is 5.04. The zero-order valence-electron chi connectivity index (χ0n) is 11.9. The number of aromatic nitrogens is 2. The van der Waals surface area contributed by atoms with Gasteiger partial charge >= 0.3 is 6.09 Å². The molecule has 0 radical (unpaired) electrons. The number of halogens is 1. The number of likely N-dealkylation sites (tertiary alicyclic amines) is 1. The van der Waals surface area contributed by atoms with Gasteiger partial charge in [0.2, 0.25) is 0 Å². The highest BCUT2D eigenvalue weighted by molar-refractivity contribution is 9.11. The number of nitrogens with zero attached hydrogens (tertiary/aromatic N) is 3. The van der Waals surface area contributed by atoms with Gasteiger partial charge in [-0.15, -0.1) is 10.2 Å². The van der Waals surface area contributed by atoms with E-state index in [2.05, 4.69) is 26.1 Å². The summed E-state index contributed by atoms with van der Waals surface area (Å²) in [5.74, 6) is 0.252. The van der Waals surface area contributed by atoms with Crippen LogP contribution in [0.4, 0.5) is 4.79 Å². The second-order valence-electron chi connectivity index (χ2n) is 5.22. The van der Waals surface area contributed by atoms with Crippen LogP contribution in [0.1, 0.15) is 29.3 Å². The van der Waals surface area contributed by atoms with Crippen molar-refractivity contribution in [3.63, 3.8) is 0 Å². The molecule has 116 valence electrons. The lowest BCUT2D eigenvalue weighted by Crippen LogP contribution is -2.39. The minimum Gasteiger partial charge on any atom is -0.445 e. The molecule has 1 aliphatic heterocycles. The Bertz CT molecular complexity index is 635. The zero-order chi connectivity index (χ0) is 15.4. The third-order valence-electron chi connectivity index (χ3n) is 3.65. The minimum absolute atomic E-state index is 0.252. The SMILES string of the molecule is O=C(OCc1ccccc1)N1CCCC(c2nnc(Br)s2)C1. The molecule has 1 unspecified atom stereocenters. The van der Waals surface area contributed by atoms with Gasteiger partial charge < -0.3 is 9.64 Å². The maximum absolute atomic E-state index is 12.2. The van der Waals surface area contributed by atoms with Gasteiger partial charge in [-0.1, -0.05) is 41.7 Å². The lowest BCUT2D eigenvalue weighted by atomic mass is 9.99. The predicted molar refractivity (Wildman–Crippen MR) is 87.8 cm³/mol. The molecule has 1 saturated heterocycles. The monoisotopic (exact) mass is 381 g/mol. The summed E-state index contributed by atoms with van der Waals surface area (Å²) < 4.78 is 6.19. The highest BCUT2D eigenvalue weighted by Crippen LogP contribution is 2.30. The van der Waals surface area contributed by atoms with E-state index in [0.717, 1.165) is 33.9 Å². The van der Waals surface area contributed by atoms with E-state index in [1.807, 2.05) is 30.3 Å². The summed E-state index contributed by atoms with van der Waals surface area (Å²) in [5, 5.41) is 9.14. The van der Waals surface area contributed by atoms with E-state index in [1.165, 1.54) is 11.3 Å². The fourth-order valence-electron chi connectivity index (χ4n) is 2.54. The molecule has 2 aromatic rings. The van der Waals surface area contributed by atoms with Crippen LogP contribution in [-0.2, 0) is 11.3 Å². The third-order valence-corrected chi connectivity index (χ3v) is 5.17. The van der Waals surface area contributed by atoms with Crippen LogP contribution in [-0.4, -0.2) is 34.3 Å². The molecule has 5 nitrogen and oxygen atoms in total. The molecule has 0 aliphatic carbocycles. The molecule has 1 amide bonds. The van der Waals surface area contributed by atoms with Crippen LogP contribution in [0.2, 0.25) is 0 Å². The molecule has 0 spiro atoms. The van der Waals surface area contributed by atoms with Crippen LogP contribution in [0.15, 0.2) is 34.2 Å². The molecule has 1 fully saturated rings. The first-order valence-electron chi connectivity index (χ1n) is 7.17. The minimum atomic E-state index is -0.253. The van der Waals surface area contributed by atoms with Gasteiger partial charge in [-0.25, -0.2) is 4.79 Å². The fourth-order valence-corrected chi connectivity index (χ4v) is 3.81. The number of carbonyl (C=O) groups is 1. The molecule has 0 saturated carbocycles. The second-order valence-corrected chi connectivity index (χ2v) is 7.50. The molecule has 0 N–H and O–H groups in total. The summed E-state index contributed by atoms with van der Waals surface area (Å²) in [7, 11) is 0. The standard InChI is InChI=1S/C15H16BrN3O2S/c16-14-18-17-13(22-14)12-7-4-8-19(9-12)15(20)21-10-11-5-2-1-3-6-11/h1-3,5-6,12H,4,7-10H2. The lowest BCUT2D eigenvalue weighted by Gasteiger charge is -2.30. The maximum atomic E-state index is 12.2. The lowest BCUT2D eigenvalue weighted by molar-refractivity contribution is 0.0858. The van der Waals surface area contributed by atoms with Crippen LogP contribution < -0.4 is 0 Å². The Morgan fingerprint density at radius 3 is 2.91 bits per heavy atom. The van der Waals surface area contributed by atoms with Crippen LogP contribution >= 0.6 is 27.3 Å². The first-order valence-corrected chi connectivity index (χ1v) is 8.78. The van der Waals surface area contributed by atoms with Gasteiger partial charge in [0.1, 0.15) is 11.6 Å². The molecule has 1 aliphatic rings. The Labute approximate surface area is 141 Å². The largest absolute Gasteiger partial charge is 0.445 e. The van der Waals surface area contributed by atoms with Crippen molar-refractivity contribution < 1.29 is 9.53 Å². The Balaban J connectivity index is 1.56. The van der Waals surface area contributed by atoms with E-state index >= 15 is 0 Å². The average molecular weight is 382 g/mol. The van der Waals surface area contributed by atoms with E-state index in [1.54, 1.807) is 4.90 Å². The van der Waals surface area contributed by atoms with Gasteiger partial charge in [-0.05, 0) is 34.3 Å². The van der Waals surface area contributed by atoms with Crippen molar-refractivity contribution in [1.82, 2.24) is 15.1 Å². The van der Waals surface area contributed by atoms with Gasteiger partial charge in [0, 0.05) is 19.0 Å². The summed E-state index contributed by atoms with van der Waals surface area (Å²) >= 11 is 4.87. The highest BCUT2D eigenvalue weighted by Gasteiger charge is 2.27. The molecule has 22 heavy (non-hydrogen) atoms. The van der Waals surface area contributed by atoms with Crippen molar-refractivity contribution in [3.05, 3.63) is 44.8 Å². The summed E-state index contributed by atoms with van der Waals surface area (Å²) in [6.07, 6.45) is 1.74. The van der Waals surface area contributed by atoms with Crippen molar-refractivity contribution in [2.45, 2.75) is 25.4 Å². The summed E-state index contributed by atoms with van der Waals surface area (Å²) in [6, 6.07) is 9.72. The summed E-state index contributed by atoms with van der Waals surface area (Å²) in [6.45, 7) is 1.70. The van der Waals surface area contributed by atoms with Crippen molar-refractivity contribution in [1.29, 1.82) is 0 Å². The Morgan fingerprint density at radius 1 is 1.36 bits per heavy atom. The van der Waals surface area contributed by atoms with Crippen LogP contribution in [0.5, 0.6) is 0 Å². The van der Waals surface area contributed by atoms with Gasteiger partial charge in [-0.3, -0.25) is 0 Å². The highest BCUT2D eigenvalue weighted by atomic mass is 79.9. The van der Waals surface area contributed by atoms with E-state index in [4.69, 9.17) is 4.74 Å². The number of hydrogen-bond acceptors (Lipinski definition) is 5. The zero-order valence-corrected chi connectivity index (χ0v) is 14.3. The van der Waals surface area contributed by atoms with E-state index in [-0.39, 0.29) is 12.0 Å². The van der Waals surface area contributed by atoms with Gasteiger partial charge in [0.15, 0.2) is 3.92 Å². The normalized spacial score (nSPS) is 18.2. The van der Waals surface area contributed by atoms with E-state index < -0.39 is 0 Å². The molecular weight excluding hydrogens is 366 g/mol. The molecule has 1 atom stereocenters. The van der Waals surface area contributed by atoms with Crippen molar-refractivity contribution >= 4 is 33.4 Å². The molecule has 0 bridgehead atoms. The number of piperidine rings is 1. The van der Waals surface area contributed by atoms with Crippen molar-refractivity contribution in [2.24, 2.45) is 0 Å². The van der Waals surface area contributed by atoms with E-state index in [9.17, 15) is 4.79 Å². The number of rotatable bonds is 3. The second kappa shape index (κ2) is 7.19. The van der Waals surface area contributed by atoms with E-state index in [0.29, 0.717) is 13.2 Å². The quantitative estimate of drug-likeness (QED) is 0.810. The molecule has 3 rings (SSSR count). The van der Waals surface area contributed by atoms with Gasteiger partial charge in [0.25, 0.3) is 0 Å². The Morgan fingerprint density at radius 2 is 2.18 bits per heavy atom. The van der Waals surface area contributed by atoms with Crippen LogP contribution in [0.25, 0.3) is 0 Å². The first-order chi connectivity index (χ1) is 10.7. The van der Waals surface area contributed by atoms with Crippen molar-refractivity contribution in [3.8, 4) is 0 Å². The van der Waals surface area contributed by atoms with Crippen LogP contribution in [0, 0.1) is 0 Å². The molecule has 1 aromatic heterocycles. The molecule has 2 heterocycles. The molecular formula is C15H16BrN3O2S. The summed E-state index contributed by atoms with van der Waals surface area (Å²) in [4.78, 5) is 14.0. The molecule has 7 heteroatoms. The third kappa shape index (κ3) is 3.84. The smallest absolute Gasteiger partial charge is 0.410 e. The number of benzene rings is 1. The first kappa shape index (κ1) is 15.4. The average Bonchev–Trinajstić information content (AvgIpc) is 3.00. The topological polar surface area (TPSA) is 55.3 Å². The summed E-state index contributed by atoms with van der Waals surface area (Å²) in [5.41, 5.74) is 0.998. The number of ether oxygens (including phenoxy) is 1. The number of amides is 1.